The number of hydrogen-bond acceptors (Lipinski definition) is 2. The normalized spacial score (nSPS) is 16.6. The first-order valence-corrected chi connectivity index (χ1v) is 6.67. The molecule has 1 aliphatic rings. The van der Waals surface area contributed by atoms with Crippen LogP contribution < -0.4 is 11.1 Å². The molecule has 0 radical (unpaired) electrons. The number of nitrogens with two attached hydrogens (primary N) is 1. The van der Waals surface area contributed by atoms with Crippen LogP contribution in [0.5, 0.6) is 0 Å². The van der Waals surface area contributed by atoms with Crippen LogP contribution in [0.25, 0.3) is 0 Å². The second-order valence-corrected chi connectivity index (χ2v) is 5.53. The molecule has 1 aromatic rings. The van der Waals surface area contributed by atoms with Crippen LogP contribution in [-0.2, 0) is 0 Å². The van der Waals surface area contributed by atoms with Gasteiger partial charge < -0.3 is 11.1 Å². The molecule has 0 aromatic heterocycles. The Morgan fingerprint density at radius 1 is 1.59 bits per heavy atom. The van der Waals surface area contributed by atoms with Gasteiger partial charge in [0.05, 0.1) is 0 Å². The molecule has 0 bridgehead atoms. The molecule has 0 saturated heterocycles. The van der Waals surface area contributed by atoms with Gasteiger partial charge in [-0.1, -0.05) is 15.9 Å². The molecule has 3 N–H and O–H groups in total. The Kier molecular flexibility index (Phi) is 3.84. The van der Waals surface area contributed by atoms with Gasteiger partial charge in [-0.05, 0) is 49.4 Å². The Morgan fingerprint density at radius 3 is 2.88 bits per heavy atom. The molecule has 2 rings (SSSR count). The summed E-state index contributed by atoms with van der Waals surface area (Å²) in [6.45, 7) is 2.54. The SMILES string of the molecule is Cc1cc(C(=O)NCC(N)C2CC2)ccc1Br. The Balaban J connectivity index is 1.92. The van der Waals surface area contributed by atoms with Crippen LogP contribution in [0.3, 0.4) is 0 Å². The van der Waals surface area contributed by atoms with Crippen molar-refractivity contribution >= 4 is 21.8 Å². The number of benzene rings is 1. The molecule has 0 aliphatic heterocycles. The van der Waals surface area contributed by atoms with E-state index in [1.54, 1.807) is 0 Å². The lowest BCUT2D eigenvalue weighted by atomic mass is 10.1. The first kappa shape index (κ1) is 12.6. The first-order chi connectivity index (χ1) is 8.08. The van der Waals surface area contributed by atoms with Crippen molar-refractivity contribution in [3.63, 3.8) is 0 Å². The number of nitrogens with one attached hydrogen (secondary N) is 1. The molecule has 3 nitrogen and oxygen atoms in total. The van der Waals surface area contributed by atoms with Crippen LogP contribution in [0.15, 0.2) is 22.7 Å². The fourth-order valence-corrected chi connectivity index (χ4v) is 2.04. The maximum Gasteiger partial charge on any atom is 0.251 e. The Morgan fingerprint density at radius 2 is 2.29 bits per heavy atom. The number of carbonyl (C=O) groups is 1. The summed E-state index contributed by atoms with van der Waals surface area (Å²) in [6, 6.07) is 5.69. The smallest absolute Gasteiger partial charge is 0.251 e. The number of halogens is 1. The molecule has 0 spiro atoms. The summed E-state index contributed by atoms with van der Waals surface area (Å²) in [4.78, 5) is 11.9. The fraction of sp³-hybridized carbons (Fsp3) is 0.462. The molecule has 1 aliphatic carbocycles. The van der Waals surface area contributed by atoms with Crippen molar-refractivity contribution in [2.75, 3.05) is 6.54 Å². The van der Waals surface area contributed by atoms with Gasteiger partial charge in [-0.3, -0.25) is 4.79 Å². The Bertz CT molecular complexity index is 429. The second-order valence-electron chi connectivity index (χ2n) is 4.68. The van der Waals surface area contributed by atoms with E-state index in [1.807, 2.05) is 25.1 Å². The third-order valence-corrected chi connectivity index (χ3v) is 4.04. The van der Waals surface area contributed by atoms with Gasteiger partial charge in [-0.15, -0.1) is 0 Å². The van der Waals surface area contributed by atoms with E-state index in [-0.39, 0.29) is 11.9 Å². The van der Waals surface area contributed by atoms with Crippen molar-refractivity contribution in [1.82, 2.24) is 5.32 Å². The van der Waals surface area contributed by atoms with Crippen LogP contribution in [0.4, 0.5) is 0 Å². The maximum atomic E-state index is 11.9. The van der Waals surface area contributed by atoms with Crippen molar-refractivity contribution in [2.45, 2.75) is 25.8 Å². The highest BCUT2D eigenvalue weighted by Gasteiger charge is 2.28. The van der Waals surface area contributed by atoms with E-state index in [1.165, 1.54) is 12.8 Å². The number of hydrogen-bond donors (Lipinski definition) is 2. The van der Waals surface area contributed by atoms with Crippen molar-refractivity contribution in [1.29, 1.82) is 0 Å². The molecule has 17 heavy (non-hydrogen) atoms. The summed E-state index contributed by atoms with van der Waals surface area (Å²) in [7, 11) is 0. The molecular formula is C13H17BrN2O. The van der Waals surface area contributed by atoms with Gasteiger partial charge in [0, 0.05) is 22.6 Å². The van der Waals surface area contributed by atoms with Crippen molar-refractivity contribution < 1.29 is 4.79 Å². The molecule has 92 valence electrons. The van der Waals surface area contributed by atoms with Crippen molar-refractivity contribution in [2.24, 2.45) is 11.7 Å². The predicted molar refractivity (Wildman–Crippen MR) is 71.9 cm³/mol. The van der Waals surface area contributed by atoms with E-state index < -0.39 is 0 Å². The largest absolute Gasteiger partial charge is 0.350 e. The van der Waals surface area contributed by atoms with Crippen LogP contribution >= 0.6 is 15.9 Å². The first-order valence-electron chi connectivity index (χ1n) is 5.88. The minimum absolute atomic E-state index is 0.0447. The minimum atomic E-state index is -0.0447. The number of rotatable bonds is 4. The van der Waals surface area contributed by atoms with Gasteiger partial charge in [0.1, 0.15) is 0 Å². The van der Waals surface area contributed by atoms with E-state index in [0.717, 1.165) is 10.0 Å². The van der Waals surface area contributed by atoms with E-state index in [0.29, 0.717) is 18.0 Å². The zero-order valence-corrected chi connectivity index (χ0v) is 11.5. The zero-order chi connectivity index (χ0) is 12.4. The summed E-state index contributed by atoms with van der Waals surface area (Å²) < 4.78 is 1.02. The lowest BCUT2D eigenvalue weighted by Gasteiger charge is -2.12. The van der Waals surface area contributed by atoms with Crippen LogP contribution in [0, 0.1) is 12.8 Å². The van der Waals surface area contributed by atoms with Crippen molar-refractivity contribution in [3.8, 4) is 0 Å². The van der Waals surface area contributed by atoms with Crippen LogP contribution in [0.2, 0.25) is 0 Å². The highest BCUT2D eigenvalue weighted by molar-refractivity contribution is 9.10. The molecule has 1 aromatic carbocycles. The highest BCUT2D eigenvalue weighted by Crippen LogP contribution is 2.31. The van der Waals surface area contributed by atoms with Gasteiger partial charge in [-0.25, -0.2) is 0 Å². The molecule has 1 fully saturated rings. The second kappa shape index (κ2) is 5.19. The van der Waals surface area contributed by atoms with Gasteiger partial charge in [0.2, 0.25) is 0 Å². The molecule has 1 saturated carbocycles. The van der Waals surface area contributed by atoms with E-state index in [4.69, 9.17) is 5.73 Å². The third-order valence-electron chi connectivity index (χ3n) is 3.15. The Hall–Kier alpha value is -0.870. The number of carbonyl (C=O) groups excluding carboxylic acids is 1. The van der Waals surface area contributed by atoms with Gasteiger partial charge in [0.25, 0.3) is 5.91 Å². The number of aryl methyl sites for hydroxylation is 1. The molecular weight excluding hydrogens is 280 g/mol. The standard InChI is InChI=1S/C13H17BrN2O/c1-8-6-10(4-5-11(8)14)13(17)16-7-12(15)9-2-3-9/h4-6,9,12H,2-3,7,15H2,1H3,(H,16,17). The highest BCUT2D eigenvalue weighted by atomic mass is 79.9. The van der Waals surface area contributed by atoms with E-state index >= 15 is 0 Å². The Labute approximate surface area is 110 Å². The molecule has 4 heteroatoms. The zero-order valence-electron chi connectivity index (χ0n) is 9.87. The number of amides is 1. The molecule has 1 amide bonds. The van der Waals surface area contributed by atoms with Crippen LogP contribution in [-0.4, -0.2) is 18.5 Å². The predicted octanol–water partition coefficient (Wildman–Crippen LogP) is 2.22. The quantitative estimate of drug-likeness (QED) is 0.895. The van der Waals surface area contributed by atoms with Gasteiger partial charge in [0.15, 0.2) is 0 Å². The topological polar surface area (TPSA) is 55.1 Å². The van der Waals surface area contributed by atoms with Gasteiger partial charge in [-0.2, -0.15) is 0 Å². The lowest BCUT2D eigenvalue weighted by Crippen LogP contribution is -2.38. The van der Waals surface area contributed by atoms with Gasteiger partial charge >= 0.3 is 0 Å². The molecule has 0 heterocycles. The average molecular weight is 297 g/mol. The van der Waals surface area contributed by atoms with Crippen LogP contribution in [0.1, 0.15) is 28.8 Å². The third kappa shape index (κ3) is 3.30. The maximum absolute atomic E-state index is 11.9. The molecule has 1 atom stereocenters. The van der Waals surface area contributed by atoms with Crippen molar-refractivity contribution in [3.05, 3.63) is 33.8 Å². The summed E-state index contributed by atoms with van der Waals surface area (Å²) in [5.41, 5.74) is 7.69. The minimum Gasteiger partial charge on any atom is -0.350 e. The molecule has 1 unspecified atom stereocenters. The average Bonchev–Trinajstić information content (AvgIpc) is 3.13. The summed E-state index contributed by atoms with van der Waals surface area (Å²) in [5, 5.41) is 2.89. The lowest BCUT2D eigenvalue weighted by molar-refractivity contribution is 0.0950. The monoisotopic (exact) mass is 296 g/mol. The summed E-state index contributed by atoms with van der Waals surface area (Å²) >= 11 is 3.42. The summed E-state index contributed by atoms with van der Waals surface area (Å²) in [6.07, 6.45) is 2.41. The fourth-order valence-electron chi connectivity index (χ4n) is 1.79. The van der Waals surface area contributed by atoms with E-state index in [9.17, 15) is 4.79 Å². The van der Waals surface area contributed by atoms with E-state index in [2.05, 4.69) is 21.2 Å². The summed E-state index contributed by atoms with van der Waals surface area (Å²) in [5.74, 6) is 0.568.